The number of amides is 1. The summed E-state index contributed by atoms with van der Waals surface area (Å²) in [5.74, 6) is 0.611. The Balaban J connectivity index is 2.25. The number of nitrogens with one attached hydrogen (secondary N) is 1. The summed E-state index contributed by atoms with van der Waals surface area (Å²) < 4.78 is 10.9. The minimum atomic E-state index is -0.435. The second-order valence-electron chi connectivity index (χ2n) is 6.75. The first kappa shape index (κ1) is 18.2. The van der Waals surface area contributed by atoms with Crippen LogP contribution < -0.4 is 5.32 Å². The minimum Gasteiger partial charge on any atom is -0.444 e. The SMILES string of the molecule is CCCN(CCNCC1CCCOC1)C(=O)OC(C)(C)C. The monoisotopic (exact) mass is 300 g/mol. The maximum atomic E-state index is 12.1. The van der Waals surface area contributed by atoms with E-state index in [1.807, 2.05) is 20.8 Å². The Morgan fingerprint density at radius 1 is 1.38 bits per heavy atom. The lowest BCUT2D eigenvalue weighted by Crippen LogP contribution is -2.41. The van der Waals surface area contributed by atoms with Gasteiger partial charge in [-0.3, -0.25) is 0 Å². The number of carbonyl (C=O) groups is 1. The molecule has 0 aromatic heterocycles. The molecular weight excluding hydrogens is 268 g/mol. The van der Waals surface area contributed by atoms with E-state index in [9.17, 15) is 4.79 Å². The maximum Gasteiger partial charge on any atom is 0.410 e. The second kappa shape index (κ2) is 9.26. The van der Waals surface area contributed by atoms with Crippen LogP contribution in [-0.4, -0.2) is 56.0 Å². The molecule has 1 atom stereocenters. The summed E-state index contributed by atoms with van der Waals surface area (Å²) in [7, 11) is 0. The van der Waals surface area contributed by atoms with Crippen LogP contribution in [-0.2, 0) is 9.47 Å². The molecule has 1 fully saturated rings. The molecule has 1 amide bonds. The van der Waals surface area contributed by atoms with E-state index in [2.05, 4.69) is 12.2 Å². The largest absolute Gasteiger partial charge is 0.444 e. The van der Waals surface area contributed by atoms with Crippen molar-refractivity contribution in [2.24, 2.45) is 5.92 Å². The van der Waals surface area contributed by atoms with Crippen LogP contribution >= 0.6 is 0 Å². The number of ether oxygens (including phenoxy) is 2. The Kier molecular flexibility index (Phi) is 8.04. The lowest BCUT2D eigenvalue weighted by molar-refractivity contribution is 0.0247. The maximum absolute atomic E-state index is 12.1. The topological polar surface area (TPSA) is 50.8 Å². The first-order chi connectivity index (χ1) is 9.92. The molecular formula is C16H32N2O3. The number of hydrogen-bond donors (Lipinski definition) is 1. The van der Waals surface area contributed by atoms with Gasteiger partial charge in [0.15, 0.2) is 0 Å². The Bertz CT molecular complexity index is 296. The molecule has 0 radical (unpaired) electrons. The Labute approximate surface area is 129 Å². The van der Waals surface area contributed by atoms with Gasteiger partial charge in [-0.2, -0.15) is 0 Å². The molecule has 1 N–H and O–H groups in total. The third-order valence-electron chi connectivity index (χ3n) is 3.39. The molecule has 5 heteroatoms. The van der Waals surface area contributed by atoms with E-state index in [0.717, 1.165) is 45.7 Å². The zero-order chi connectivity index (χ0) is 15.7. The first-order valence-electron chi connectivity index (χ1n) is 8.18. The molecule has 0 spiro atoms. The Hall–Kier alpha value is -0.810. The molecule has 1 aliphatic rings. The molecule has 1 saturated heterocycles. The average Bonchev–Trinajstić information content (AvgIpc) is 2.41. The van der Waals surface area contributed by atoms with Crippen molar-refractivity contribution in [3.8, 4) is 0 Å². The highest BCUT2D eigenvalue weighted by atomic mass is 16.6. The quantitative estimate of drug-likeness (QED) is 0.734. The van der Waals surface area contributed by atoms with Gasteiger partial charge in [-0.1, -0.05) is 6.92 Å². The van der Waals surface area contributed by atoms with Gasteiger partial charge in [0, 0.05) is 32.8 Å². The fourth-order valence-electron chi connectivity index (χ4n) is 2.38. The van der Waals surface area contributed by atoms with Gasteiger partial charge in [0.25, 0.3) is 0 Å². The lowest BCUT2D eigenvalue weighted by Gasteiger charge is -2.28. The highest BCUT2D eigenvalue weighted by molar-refractivity contribution is 5.68. The fourth-order valence-corrected chi connectivity index (χ4v) is 2.38. The molecule has 1 rings (SSSR count). The summed E-state index contributed by atoms with van der Waals surface area (Å²) in [6, 6.07) is 0. The van der Waals surface area contributed by atoms with Crippen LogP contribution in [0.5, 0.6) is 0 Å². The van der Waals surface area contributed by atoms with Crippen LogP contribution in [0.4, 0.5) is 4.79 Å². The molecule has 1 unspecified atom stereocenters. The summed E-state index contributed by atoms with van der Waals surface area (Å²) in [5, 5.41) is 3.43. The van der Waals surface area contributed by atoms with Gasteiger partial charge in [0.1, 0.15) is 5.60 Å². The average molecular weight is 300 g/mol. The molecule has 0 aromatic carbocycles. The zero-order valence-electron chi connectivity index (χ0n) is 14.1. The van der Waals surface area contributed by atoms with E-state index in [1.165, 1.54) is 6.42 Å². The van der Waals surface area contributed by atoms with Crippen LogP contribution in [0.2, 0.25) is 0 Å². The minimum absolute atomic E-state index is 0.216. The van der Waals surface area contributed by atoms with Crippen LogP contribution in [0.15, 0.2) is 0 Å². The fraction of sp³-hybridized carbons (Fsp3) is 0.938. The summed E-state index contributed by atoms with van der Waals surface area (Å²) >= 11 is 0. The van der Waals surface area contributed by atoms with E-state index in [0.29, 0.717) is 12.5 Å². The van der Waals surface area contributed by atoms with Gasteiger partial charge >= 0.3 is 6.09 Å². The normalized spacial score (nSPS) is 19.3. The third kappa shape index (κ3) is 8.27. The van der Waals surface area contributed by atoms with Crippen LogP contribution in [0.3, 0.4) is 0 Å². The van der Waals surface area contributed by atoms with Crippen LogP contribution in [0.25, 0.3) is 0 Å². The first-order valence-corrected chi connectivity index (χ1v) is 8.18. The number of rotatable bonds is 7. The highest BCUT2D eigenvalue weighted by Gasteiger charge is 2.21. The Morgan fingerprint density at radius 2 is 2.14 bits per heavy atom. The van der Waals surface area contributed by atoms with Crippen LogP contribution in [0.1, 0.15) is 47.0 Å². The molecule has 1 heterocycles. The summed E-state index contributed by atoms with van der Waals surface area (Å²) in [4.78, 5) is 13.9. The van der Waals surface area contributed by atoms with Gasteiger partial charge in [-0.25, -0.2) is 4.79 Å². The van der Waals surface area contributed by atoms with Crippen molar-refractivity contribution in [1.82, 2.24) is 10.2 Å². The Morgan fingerprint density at radius 3 is 2.71 bits per heavy atom. The summed E-state index contributed by atoms with van der Waals surface area (Å²) in [6.45, 7) is 12.7. The van der Waals surface area contributed by atoms with E-state index in [4.69, 9.17) is 9.47 Å². The lowest BCUT2D eigenvalue weighted by atomic mass is 10.0. The van der Waals surface area contributed by atoms with Crippen molar-refractivity contribution in [2.75, 3.05) is 39.4 Å². The molecule has 0 aromatic rings. The molecule has 124 valence electrons. The zero-order valence-corrected chi connectivity index (χ0v) is 14.1. The van der Waals surface area contributed by atoms with Crippen molar-refractivity contribution in [2.45, 2.75) is 52.6 Å². The van der Waals surface area contributed by atoms with Gasteiger partial charge in [0.2, 0.25) is 0 Å². The van der Waals surface area contributed by atoms with Gasteiger partial charge in [0.05, 0.1) is 6.61 Å². The molecule has 1 aliphatic heterocycles. The predicted molar refractivity (Wildman–Crippen MR) is 84.5 cm³/mol. The van der Waals surface area contributed by atoms with Crippen molar-refractivity contribution < 1.29 is 14.3 Å². The highest BCUT2D eigenvalue weighted by Crippen LogP contribution is 2.12. The molecule has 0 saturated carbocycles. The number of nitrogens with zero attached hydrogens (tertiary/aromatic N) is 1. The van der Waals surface area contributed by atoms with E-state index in [1.54, 1.807) is 4.90 Å². The van der Waals surface area contributed by atoms with Gasteiger partial charge in [-0.15, -0.1) is 0 Å². The number of hydrogen-bond acceptors (Lipinski definition) is 4. The third-order valence-corrected chi connectivity index (χ3v) is 3.39. The smallest absolute Gasteiger partial charge is 0.410 e. The van der Waals surface area contributed by atoms with Crippen molar-refractivity contribution in [3.05, 3.63) is 0 Å². The molecule has 0 bridgehead atoms. The van der Waals surface area contributed by atoms with E-state index in [-0.39, 0.29) is 6.09 Å². The molecule has 0 aliphatic carbocycles. The molecule has 5 nitrogen and oxygen atoms in total. The summed E-state index contributed by atoms with van der Waals surface area (Å²) in [5.41, 5.74) is -0.435. The van der Waals surface area contributed by atoms with E-state index < -0.39 is 5.60 Å². The second-order valence-corrected chi connectivity index (χ2v) is 6.75. The van der Waals surface area contributed by atoms with Crippen molar-refractivity contribution in [3.63, 3.8) is 0 Å². The standard InChI is InChI=1S/C16H32N2O3/c1-5-9-18(15(19)21-16(2,3)4)10-8-17-12-14-7-6-11-20-13-14/h14,17H,5-13H2,1-4H3. The van der Waals surface area contributed by atoms with Crippen molar-refractivity contribution >= 4 is 6.09 Å². The van der Waals surface area contributed by atoms with Crippen molar-refractivity contribution in [1.29, 1.82) is 0 Å². The van der Waals surface area contributed by atoms with Crippen LogP contribution in [0, 0.1) is 5.92 Å². The number of carbonyl (C=O) groups excluding carboxylic acids is 1. The van der Waals surface area contributed by atoms with Gasteiger partial charge < -0.3 is 19.7 Å². The summed E-state index contributed by atoms with van der Waals surface area (Å²) in [6.07, 6.45) is 3.12. The van der Waals surface area contributed by atoms with E-state index >= 15 is 0 Å². The van der Waals surface area contributed by atoms with Gasteiger partial charge in [-0.05, 0) is 46.0 Å². The predicted octanol–water partition coefficient (Wildman–Crippen LogP) is 2.65. The molecule has 21 heavy (non-hydrogen) atoms.